The third-order valence-electron chi connectivity index (χ3n) is 2.81. The summed E-state index contributed by atoms with van der Waals surface area (Å²) >= 11 is 0. The predicted molar refractivity (Wildman–Crippen MR) is 63.9 cm³/mol. The van der Waals surface area contributed by atoms with E-state index in [1.165, 1.54) is 0 Å². The Labute approximate surface area is 99.8 Å². The van der Waals surface area contributed by atoms with Crippen molar-refractivity contribution in [2.75, 3.05) is 32.0 Å². The van der Waals surface area contributed by atoms with Gasteiger partial charge in [-0.2, -0.15) is 0 Å². The van der Waals surface area contributed by atoms with Crippen molar-refractivity contribution in [1.29, 1.82) is 0 Å². The Morgan fingerprint density at radius 3 is 3.00 bits per heavy atom. The van der Waals surface area contributed by atoms with Crippen LogP contribution in [0.15, 0.2) is 18.2 Å². The molecule has 0 unspecified atom stereocenters. The molecular formula is C12H16N2O3. The average Bonchev–Trinajstić information content (AvgIpc) is 2.60. The van der Waals surface area contributed by atoms with E-state index in [-0.39, 0.29) is 22.9 Å². The van der Waals surface area contributed by atoms with Crippen molar-refractivity contribution in [2.45, 2.75) is 6.42 Å². The number of carbonyl (C=O) groups excluding carboxylic acids is 1. The highest BCUT2D eigenvalue weighted by atomic mass is 16.5. The van der Waals surface area contributed by atoms with Gasteiger partial charge in [0.05, 0.1) is 17.9 Å². The van der Waals surface area contributed by atoms with E-state index in [0.717, 1.165) is 6.42 Å². The Morgan fingerprint density at radius 2 is 2.18 bits per heavy atom. The van der Waals surface area contributed by atoms with Crippen LogP contribution >= 0.6 is 0 Å². The molecule has 0 atom stereocenters. The van der Waals surface area contributed by atoms with E-state index in [9.17, 15) is 9.90 Å². The number of aromatic hydroxyl groups is 1. The Hall–Kier alpha value is -1.75. The van der Waals surface area contributed by atoms with Gasteiger partial charge in [-0.3, -0.25) is 4.79 Å². The summed E-state index contributed by atoms with van der Waals surface area (Å²) < 4.78 is 5.28. The molecule has 1 fully saturated rings. The van der Waals surface area contributed by atoms with Crippen LogP contribution in [0.4, 0.5) is 5.69 Å². The van der Waals surface area contributed by atoms with Gasteiger partial charge in [-0.1, -0.05) is 6.07 Å². The van der Waals surface area contributed by atoms with Gasteiger partial charge in [0.1, 0.15) is 0 Å². The summed E-state index contributed by atoms with van der Waals surface area (Å²) in [5.41, 5.74) is 6.05. The summed E-state index contributed by atoms with van der Waals surface area (Å²) in [7, 11) is 0. The van der Waals surface area contributed by atoms with E-state index in [1.54, 1.807) is 23.1 Å². The fraction of sp³-hybridized carbons (Fsp3) is 0.417. The van der Waals surface area contributed by atoms with Crippen molar-refractivity contribution in [3.63, 3.8) is 0 Å². The van der Waals surface area contributed by atoms with Gasteiger partial charge in [0.25, 0.3) is 5.91 Å². The fourth-order valence-electron chi connectivity index (χ4n) is 1.85. The topological polar surface area (TPSA) is 75.8 Å². The van der Waals surface area contributed by atoms with E-state index in [1.807, 2.05) is 0 Å². The maximum Gasteiger partial charge on any atom is 0.257 e. The molecule has 1 aromatic carbocycles. The summed E-state index contributed by atoms with van der Waals surface area (Å²) in [5, 5.41) is 9.77. The molecule has 1 saturated heterocycles. The van der Waals surface area contributed by atoms with E-state index in [0.29, 0.717) is 26.3 Å². The van der Waals surface area contributed by atoms with Gasteiger partial charge in [0.15, 0.2) is 5.75 Å². The molecule has 1 aliphatic rings. The molecule has 3 N–H and O–H groups in total. The summed E-state index contributed by atoms with van der Waals surface area (Å²) in [4.78, 5) is 13.9. The summed E-state index contributed by atoms with van der Waals surface area (Å²) in [6, 6.07) is 4.81. The monoisotopic (exact) mass is 236 g/mol. The van der Waals surface area contributed by atoms with Crippen molar-refractivity contribution < 1.29 is 14.6 Å². The number of benzene rings is 1. The number of nitrogens with two attached hydrogens (primary N) is 1. The van der Waals surface area contributed by atoms with Gasteiger partial charge in [-0.15, -0.1) is 0 Å². The minimum Gasteiger partial charge on any atom is -0.505 e. The van der Waals surface area contributed by atoms with Gasteiger partial charge in [0.2, 0.25) is 0 Å². The Morgan fingerprint density at radius 1 is 1.35 bits per heavy atom. The van der Waals surface area contributed by atoms with Gasteiger partial charge in [-0.25, -0.2) is 0 Å². The number of anilines is 1. The van der Waals surface area contributed by atoms with E-state index >= 15 is 0 Å². The zero-order valence-corrected chi connectivity index (χ0v) is 9.56. The molecule has 17 heavy (non-hydrogen) atoms. The molecule has 5 nitrogen and oxygen atoms in total. The van der Waals surface area contributed by atoms with Crippen LogP contribution in [-0.2, 0) is 4.74 Å². The number of hydrogen-bond acceptors (Lipinski definition) is 4. The minimum absolute atomic E-state index is 0.136. The summed E-state index contributed by atoms with van der Waals surface area (Å²) in [6.45, 7) is 2.40. The Bertz CT molecular complexity index is 412. The highest BCUT2D eigenvalue weighted by Gasteiger charge is 2.20. The first kappa shape index (κ1) is 11.7. The molecular weight excluding hydrogens is 220 g/mol. The largest absolute Gasteiger partial charge is 0.505 e. The third-order valence-corrected chi connectivity index (χ3v) is 2.81. The first-order valence-electron chi connectivity index (χ1n) is 5.64. The number of ether oxygens (including phenoxy) is 1. The third kappa shape index (κ3) is 2.50. The quantitative estimate of drug-likeness (QED) is 0.559. The molecule has 2 rings (SSSR count). The molecule has 1 aliphatic heterocycles. The van der Waals surface area contributed by atoms with Crippen LogP contribution in [0.25, 0.3) is 0 Å². The molecule has 1 amide bonds. The highest BCUT2D eigenvalue weighted by molar-refractivity contribution is 5.98. The van der Waals surface area contributed by atoms with Crippen molar-refractivity contribution in [3.8, 4) is 5.75 Å². The lowest BCUT2D eigenvalue weighted by Gasteiger charge is -2.20. The normalized spacial score (nSPS) is 16.6. The average molecular weight is 236 g/mol. The molecule has 0 bridgehead atoms. The van der Waals surface area contributed by atoms with E-state index in [2.05, 4.69) is 0 Å². The van der Waals surface area contributed by atoms with Crippen molar-refractivity contribution in [3.05, 3.63) is 23.8 Å². The first-order chi connectivity index (χ1) is 8.20. The smallest absolute Gasteiger partial charge is 0.257 e. The molecule has 0 aliphatic carbocycles. The van der Waals surface area contributed by atoms with Crippen molar-refractivity contribution in [2.24, 2.45) is 0 Å². The van der Waals surface area contributed by atoms with Gasteiger partial charge < -0.3 is 20.5 Å². The molecule has 92 valence electrons. The van der Waals surface area contributed by atoms with Crippen molar-refractivity contribution in [1.82, 2.24) is 4.90 Å². The second-order valence-corrected chi connectivity index (χ2v) is 4.00. The summed E-state index contributed by atoms with van der Waals surface area (Å²) in [6.07, 6.45) is 0.814. The van der Waals surface area contributed by atoms with Gasteiger partial charge >= 0.3 is 0 Å². The number of nitrogen functional groups attached to an aromatic ring is 1. The number of para-hydroxylation sites is 1. The molecule has 5 heteroatoms. The lowest BCUT2D eigenvalue weighted by molar-refractivity contribution is 0.0738. The molecule has 0 spiro atoms. The number of rotatable bonds is 1. The van der Waals surface area contributed by atoms with Crippen LogP contribution in [0, 0.1) is 0 Å². The lowest BCUT2D eigenvalue weighted by Crippen LogP contribution is -2.33. The number of phenols is 1. The molecule has 0 saturated carbocycles. The van der Waals surface area contributed by atoms with E-state index in [4.69, 9.17) is 10.5 Å². The number of nitrogens with zero attached hydrogens (tertiary/aromatic N) is 1. The van der Waals surface area contributed by atoms with Crippen LogP contribution in [-0.4, -0.2) is 42.2 Å². The first-order valence-corrected chi connectivity index (χ1v) is 5.64. The second-order valence-electron chi connectivity index (χ2n) is 4.00. The maximum atomic E-state index is 12.2. The molecule has 1 aromatic rings. The fourth-order valence-corrected chi connectivity index (χ4v) is 1.85. The second kappa shape index (κ2) is 5.05. The number of hydrogen-bond donors (Lipinski definition) is 2. The zero-order valence-electron chi connectivity index (χ0n) is 9.56. The van der Waals surface area contributed by atoms with Crippen molar-refractivity contribution >= 4 is 11.6 Å². The Balaban J connectivity index is 2.20. The lowest BCUT2D eigenvalue weighted by atomic mass is 10.1. The number of amides is 1. The zero-order chi connectivity index (χ0) is 12.3. The predicted octanol–water partition coefficient (Wildman–Crippen LogP) is 0.837. The maximum absolute atomic E-state index is 12.2. The molecule has 0 aromatic heterocycles. The minimum atomic E-state index is -0.194. The standard InChI is InChI=1S/C12H16N2O3/c13-10-4-1-3-9(11(10)15)12(16)14-5-2-7-17-8-6-14/h1,3-4,15H,2,5-8,13H2. The van der Waals surface area contributed by atoms with Crippen LogP contribution in [0.1, 0.15) is 16.8 Å². The Kier molecular flexibility index (Phi) is 3.49. The van der Waals surface area contributed by atoms with Crippen LogP contribution < -0.4 is 5.73 Å². The van der Waals surface area contributed by atoms with Crippen LogP contribution in [0.5, 0.6) is 5.75 Å². The van der Waals surface area contributed by atoms with Crippen LogP contribution in [0.3, 0.4) is 0 Å². The molecule has 1 heterocycles. The number of phenolic OH excluding ortho intramolecular Hbond substituents is 1. The number of carbonyl (C=O) groups is 1. The molecule has 0 radical (unpaired) electrons. The van der Waals surface area contributed by atoms with Crippen LogP contribution in [0.2, 0.25) is 0 Å². The summed E-state index contributed by atoms with van der Waals surface area (Å²) in [5.74, 6) is -0.331. The highest BCUT2D eigenvalue weighted by Crippen LogP contribution is 2.25. The van der Waals surface area contributed by atoms with E-state index < -0.39 is 0 Å². The SMILES string of the molecule is Nc1cccc(C(=O)N2CCCOCC2)c1O. The van der Waals surface area contributed by atoms with Gasteiger partial charge in [-0.05, 0) is 18.6 Å². The van der Waals surface area contributed by atoms with Gasteiger partial charge in [0, 0.05) is 19.7 Å².